The molecule has 8 nitrogen and oxygen atoms in total. The molecule has 5 rings (SSSR count). The summed E-state index contributed by atoms with van der Waals surface area (Å²) in [5, 5.41) is 8.03. The van der Waals surface area contributed by atoms with Crippen molar-refractivity contribution in [1.29, 1.82) is 0 Å². The van der Waals surface area contributed by atoms with Gasteiger partial charge in [0.15, 0.2) is 17.3 Å². The maximum absolute atomic E-state index is 13.7. The van der Waals surface area contributed by atoms with E-state index in [-0.39, 0.29) is 11.6 Å². The van der Waals surface area contributed by atoms with Gasteiger partial charge in [0, 0.05) is 43.0 Å². The number of aryl methyl sites for hydroxylation is 1. The Hall–Kier alpha value is -3.89. The van der Waals surface area contributed by atoms with Crippen LogP contribution in [0.1, 0.15) is 28.8 Å². The molecule has 0 bridgehead atoms. The van der Waals surface area contributed by atoms with Crippen LogP contribution < -0.4 is 15.8 Å². The standard InChI is InChI=1S/C26H24F2N4O3.CH5N/c1-16-10-18(2-3-19(16)15-33)24-14-30-26-23(29-13-17-6-8-34-9-7-17)12-25(31-32(24)26)35-20-4-5-21(27)22(28)11-20;1-2/h2-5,10-12,14-15,17,29H,6-9,13H2,1H3;2H2,1H3. The van der Waals surface area contributed by atoms with Gasteiger partial charge < -0.3 is 20.5 Å². The molecule has 10 heteroatoms. The molecule has 2 aromatic heterocycles. The molecule has 3 heterocycles. The van der Waals surface area contributed by atoms with Crippen LogP contribution in [-0.2, 0) is 4.74 Å². The Kier molecular flexibility index (Phi) is 8.42. The van der Waals surface area contributed by atoms with Gasteiger partial charge in [0.05, 0.1) is 17.6 Å². The van der Waals surface area contributed by atoms with E-state index >= 15 is 0 Å². The molecule has 2 aromatic carbocycles. The molecule has 0 aliphatic carbocycles. The highest BCUT2D eigenvalue weighted by Gasteiger charge is 2.18. The second-order valence-electron chi connectivity index (χ2n) is 8.58. The van der Waals surface area contributed by atoms with Crippen LogP contribution in [0.2, 0.25) is 0 Å². The van der Waals surface area contributed by atoms with Crippen molar-refractivity contribution in [3.05, 3.63) is 71.4 Å². The van der Waals surface area contributed by atoms with Crippen molar-refractivity contribution in [2.24, 2.45) is 11.7 Å². The molecule has 4 aromatic rings. The lowest BCUT2D eigenvalue weighted by molar-refractivity contribution is 0.0699. The minimum Gasteiger partial charge on any atom is -0.437 e. The van der Waals surface area contributed by atoms with Gasteiger partial charge in [-0.1, -0.05) is 12.1 Å². The van der Waals surface area contributed by atoms with E-state index in [2.05, 4.69) is 21.1 Å². The van der Waals surface area contributed by atoms with Crippen LogP contribution in [0, 0.1) is 24.5 Å². The molecule has 0 radical (unpaired) electrons. The Morgan fingerprint density at radius 3 is 2.62 bits per heavy atom. The van der Waals surface area contributed by atoms with Crippen LogP contribution in [0.5, 0.6) is 11.6 Å². The molecule has 3 N–H and O–H groups in total. The first-order valence-electron chi connectivity index (χ1n) is 12.0. The lowest BCUT2D eigenvalue weighted by atomic mass is 10.0. The first kappa shape index (κ1) is 26.2. The highest BCUT2D eigenvalue weighted by molar-refractivity contribution is 5.80. The zero-order valence-corrected chi connectivity index (χ0v) is 20.7. The van der Waals surface area contributed by atoms with Crippen LogP contribution in [-0.4, -0.2) is 47.7 Å². The SMILES string of the molecule is CN.Cc1cc(-c2cnc3c(NCC4CCOCC4)cc(Oc4ccc(F)c(F)c4)nn23)ccc1C=O. The average molecular weight is 510 g/mol. The fourth-order valence-electron chi connectivity index (χ4n) is 4.16. The molecule has 194 valence electrons. The maximum Gasteiger partial charge on any atom is 0.239 e. The number of rotatable bonds is 7. The van der Waals surface area contributed by atoms with Crippen molar-refractivity contribution >= 4 is 17.6 Å². The number of fused-ring (bicyclic) bond motifs is 1. The van der Waals surface area contributed by atoms with E-state index in [4.69, 9.17) is 9.47 Å². The molecule has 37 heavy (non-hydrogen) atoms. The Morgan fingerprint density at radius 1 is 1.14 bits per heavy atom. The number of hydrogen-bond donors (Lipinski definition) is 2. The first-order valence-corrected chi connectivity index (χ1v) is 12.0. The first-order chi connectivity index (χ1) is 18.0. The smallest absolute Gasteiger partial charge is 0.239 e. The van der Waals surface area contributed by atoms with Gasteiger partial charge in [-0.05, 0) is 56.5 Å². The van der Waals surface area contributed by atoms with Crippen molar-refractivity contribution in [3.8, 4) is 22.9 Å². The number of ether oxygens (including phenoxy) is 2. The van der Waals surface area contributed by atoms with Gasteiger partial charge >= 0.3 is 0 Å². The Balaban J connectivity index is 0.00000156. The number of carbonyl (C=O) groups is 1. The highest BCUT2D eigenvalue weighted by Crippen LogP contribution is 2.30. The van der Waals surface area contributed by atoms with E-state index in [0.717, 1.165) is 62.1 Å². The number of carbonyl (C=O) groups excluding carboxylic acids is 1. The average Bonchev–Trinajstić information content (AvgIpc) is 3.35. The molecule has 0 saturated carbocycles. The van der Waals surface area contributed by atoms with Crippen LogP contribution in [0.25, 0.3) is 16.9 Å². The summed E-state index contributed by atoms with van der Waals surface area (Å²) in [6.07, 6.45) is 4.46. The Morgan fingerprint density at radius 2 is 1.92 bits per heavy atom. The van der Waals surface area contributed by atoms with E-state index in [0.29, 0.717) is 28.5 Å². The normalized spacial score (nSPS) is 13.6. The van der Waals surface area contributed by atoms with Gasteiger partial charge in [-0.25, -0.2) is 18.3 Å². The lowest BCUT2D eigenvalue weighted by Gasteiger charge is -2.22. The number of aromatic nitrogens is 3. The van der Waals surface area contributed by atoms with E-state index in [9.17, 15) is 13.6 Å². The van der Waals surface area contributed by atoms with Gasteiger partial charge in [0.2, 0.25) is 5.88 Å². The zero-order valence-electron chi connectivity index (χ0n) is 20.7. The van der Waals surface area contributed by atoms with Crippen LogP contribution in [0.4, 0.5) is 14.5 Å². The summed E-state index contributed by atoms with van der Waals surface area (Å²) >= 11 is 0. The molecule has 0 unspecified atom stereocenters. The quantitative estimate of drug-likeness (QED) is 0.338. The van der Waals surface area contributed by atoms with Crippen LogP contribution in [0.3, 0.4) is 0 Å². The number of nitrogens with zero attached hydrogens (tertiary/aromatic N) is 3. The molecular formula is C27H29F2N5O3. The fraction of sp³-hybridized carbons (Fsp3) is 0.296. The molecular weight excluding hydrogens is 480 g/mol. The maximum atomic E-state index is 13.7. The summed E-state index contributed by atoms with van der Waals surface area (Å²) in [7, 11) is 1.50. The number of benzene rings is 2. The van der Waals surface area contributed by atoms with Gasteiger partial charge in [0.1, 0.15) is 12.0 Å². The predicted octanol–water partition coefficient (Wildman–Crippen LogP) is 5.00. The third-order valence-electron chi connectivity index (χ3n) is 6.17. The molecule has 1 aliphatic rings. The molecule has 1 fully saturated rings. The fourth-order valence-corrected chi connectivity index (χ4v) is 4.16. The number of halogens is 2. The third kappa shape index (κ3) is 5.92. The lowest BCUT2D eigenvalue weighted by Crippen LogP contribution is -2.23. The van der Waals surface area contributed by atoms with Gasteiger partial charge in [-0.15, -0.1) is 5.10 Å². The number of anilines is 1. The molecule has 1 saturated heterocycles. The number of aldehydes is 1. The van der Waals surface area contributed by atoms with E-state index in [1.54, 1.807) is 22.8 Å². The van der Waals surface area contributed by atoms with Crippen molar-refractivity contribution in [2.45, 2.75) is 19.8 Å². The van der Waals surface area contributed by atoms with Gasteiger partial charge in [-0.3, -0.25) is 4.79 Å². The summed E-state index contributed by atoms with van der Waals surface area (Å²) in [6, 6.07) is 10.5. The monoisotopic (exact) mass is 509 g/mol. The van der Waals surface area contributed by atoms with Gasteiger partial charge in [0.25, 0.3) is 0 Å². The number of hydrogen-bond acceptors (Lipinski definition) is 7. The third-order valence-corrected chi connectivity index (χ3v) is 6.17. The summed E-state index contributed by atoms with van der Waals surface area (Å²) in [4.78, 5) is 15.8. The summed E-state index contributed by atoms with van der Waals surface area (Å²) in [6.45, 7) is 4.07. The highest BCUT2D eigenvalue weighted by atomic mass is 19.2. The minimum absolute atomic E-state index is 0.124. The predicted molar refractivity (Wildman–Crippen MR) is 137 cm³/mol. The van der Waals surface area contributed by atoms with Crippen molar-refractivity contribution in [3.63, 3.8) is 0 Å². The van der Waals surface area contributed by atoms with Gasteiger partial charge in [-0.2, -0.15) is 0 Å². The van der Waals surface area contributed by atoms with E-state index in [1.165, 1.54) is 13.1 Å². The minimum atomic E-state index is -1.00. The molecule has 0 atom stereocenters. The number of imidazole rings is 1. The van der Waals surface area contributed by atoms with E-state index < -0.39 is 11.6 Å². The number of nitrogens with two attached hydrogens (primary N) is 1. The molecule has 1 aliphatic heterocycles. The summed E-state index contributed by atoms with van der Waals surface area (Å²) in [5.74, 6) is -1.18. The topological polar surface area (TPSA) is 104 Å². The molecule has 0 spiro atoms. The number of nitrogens with one attached hydrogen (secondary N) is 1. The van der Waals surface area contributed by atoms with Crippen molar-refractivity contribution < 1.29 is 23.0 Å². The van der Waals surface area contributed by atoms with E-state index in [1.807, 2.05) is 19.1 Å². The zero-order chi connectivity index (χ0) is 26.4. The molecule has 0 amide bonds. The largest absolute Gasteiger partial charge is 0.437 e. The van der Waals surface area contributed by atoms with Crippen LogP contribution >= 0.6 is 0 Å². The Bertz CT molecular complexity index is 1390. The summed E-state index contributed by atoms with van der Waals surface area (Å²) in [5.41, 5.74) is 8.77. The van der Waals surface area contributed by atoms with Crippen molar-refractivity contribution in [2.75, 3.05) is 32.1 Å². The summed E-state index contributed by atoms with van der Waals surface area (Å²) < 4.78 is 40.0. The van der Waals surface area contributed by atoms with Crippen LogP contribution in [0.15, 0.2) is 48.7 Å². The second-order valence-corrected chi connectivity index (χ2v) is 8.58. The van der Waals surface area contributed by atoms with Crippen molar-refractivity contribution in [1.82, 2.24) is 14.6 Å². The Labute approximate surface area is 213 Å². The second kappa shape index (κ2) is 11.9.